The van der Waals surface area contributed by atoms with Gasteiger partial charge in [-0.25, -0.2) is 15.0 Å². The number of amides is 1. The minimum Gasteiger partial charge on any atom is -0.369 e. The lowest BCUT2D eigenvalue weighted by Gasteiger charge is -2.34. The summed E-state index contributed by atoms with van der Waals surface area (Å²) in [5.74, 6) is 0.232. The van der Waals surface area contributed by atoms with Gasteiger partial charge < -0.3 is 14.2 Å². The molecule has 9 nitrogen and oxygen atoms in total. The Morgan fingerprint density at radius 1 is 1.00 bits per heavy atom. The van der Waals surface area contributed by atoms with Crippen LogP contribution in [-0.4, -0.2) is 63.4 Å². The van der Waals surface area contributed by atoms with E-state index in [-0.39, 0.29) is 5.82 Å². The molecule has 4 heterocycles. The molecule has 30 heavy (non-hydrogen) atoms. The number of nitrogens with zero attached hydrogens (tertiary/aromatic N) is 6. The third-order valence-corrected chi connectivity index (χ3v) is 5.37. The highest BCUT2D eigenvalue weighted by Gasteiger charge is 2.16. The van der Waals surface area contributed by atoms with E-state index >= 15 is 0 Å². The van der Waals surface area contributed by atoms with Gasteiger partial charge in [0.05, 0.1) is 16.6 Å². The summed E-state index contributed by atoms with van der Waals surface area (Å²) in [5.41, 5.74) is 9.46. The van der Waals surface area contributed by atoms with Crippen LogP contribution >= 0.6 is 0 Å². The molecule has 1 aliphatic heterocycles. The van der Waals surface area contributed by atoms with Gasteiger partial charge in [0.25, 0.3) is 0 Å². The molecule has 3 aromatic heterocycles. The van der Waals surface area contributed by atoms with Crippen molar-refractivity contribution in [3.63, 3.8) is 0 Å². The second kappa shape index (κ2) is 7.60. The van der Waals surface area contributed by atoms with Crippen LogP contribution in [0.3, 0.4) is 0 Å². The molecule has 1 aromatic carbocycles. The number of likely N-dealkylation sites (N-methyl/N-ethyl adjacent to an activating group) is 1. The number of carbonyl (C=O) groups excluding carboxylic acids is 1. The molecule has 9 heteroatoms. The summed E-state index contributed by atoms with van der Waals surface area (Å²) in [6.07, 6.45) is 5.05. The van der Waals surface area contributed by atoms with E-state index in [4.69, 9.17) is 4.98 Å². The quantitative estimate of drug-likeness (QED) is 0.503. The lowest BCUT2D eigenvalue weighted by atomic mass is 10.2. The van der Waals surface area contributed by atoms with Crippen LogP contribution in [0.4, 0.5) is 11.5 Å². The molecule has 0 spiro atoms. The SMILES string of the molecule is CN1CCN(c2ccc3c(c2)nc(NNC(=O)c2ncccn2)c2cccn23)CC1. The fraction of sp³-hybridized carbons (Fsp3) is 0.238. The Morgan fingerprint density at radius 2 is 1.80 bits per heavy atom. The number of piperazine rings is 1. The minimum absolute atomic E-state index is 0.0922. The van der Waals surface area contributed by atoms with E-state index in [0.717, 1.165) is 48.4 Å². The molecule has 0 atom stereocenters. The largest absolute Gasteiger partial charge is 0.369 e. The Bertz CT molecular complexity index is 1200. The van der Waals surface area contributed by atoms with E-state index in [1.165, 1.54) is 12.4 Å². The van der Waals surface area contributed by atoms with Crippen LogP contribution in [0.25, 0.3) is 16.6 Å². The number of carbonyl (C=O) groups is 1. The average Bonchev–Trinajstić information content (AvgIpc) is 3.28. The Labute approximate surface area is 173 Å². The maximum atomic E-state index is 12.3. The fourth-order valence-electron chi connectivity index (χ4n) is 3.71. The maximum absolute atomic E-state index is 12.3. The molecule has 1 amide bonds. The lowest BCUT2D eigenvalue weighted by molar-refractivity contribution is 0.0952. The molecule has 152 valence electrons. The number of fused-ring (bicyclic) bond motifs is 3. The third kappa shape index (κ3) is 3.39. The standard InChI is InChI=1S/C21H22N8O/c1-27-10-12-28(13-11-27)15-5-6-17-16(14-15)24-19(18-4-2-9-29(17)18)25-26-21(30)20-22-7-3-8-23-20/h2-9,14H,10-13H2,1H3,(H,24,25)(H,26,30). The minimum atomic E-state index is -0.423. The van der Waals surface area contributed by atoms with Gasteiger partial charge in [-0.15, -0.1) is 0 Å². The average molecular weight is 402 g/mol. The molecule has 0 radical (unpaired) electrons. The Morgan fingerprint density at radius 3 is 2.60 bits per heavy atom. The van der Waals surface area contributed by atoms with Crippen LogP contribution < -0.4 is 15.8 Å². The lowest BCUT2D eigenvalue weighted by Crippen LogP contribution is -2.44. The van der Waals surface area contributed by atoms with Crippen molar-refractivity contribution in [3.05, 3.63) is 60.8 Å². The first kappa shape index (κ1) is 18.3. The predicted octanol–water partition coefficient (Wildman–Crippen LogP) is 1.79. The van der Waals surface area contributed by atoms with Crippen LogP contribution in [0, 0.1) is 0 Å². The molecule has 0 saturated carbocycles. The molecular formula is C21H22N8O. The van der Waals surface area contributed by atoms with E-state index in [2.05, 4.69) is 60.3 Å². The van der Waals surface area contributed by atoms with Gasteiger partial charge in [-0.2, -0.15) is 0 Å². The number of hydrazine groups is 1. The van der Waals surface area contributed by atoms with E-state index in [9.17, 15) is 4.79 Å². The van der Waals surface area contributed by atoms with Gasteiger partial charge in [0.15, 0.2) is 5.82 Å². The molecule has 2 N–H and O–H groups in total. The highest BCUT2D eigenvalue weighted by atomic mass is 16.2. The van der Waals surface area contributed by atoms with Crippen molar-refractivity contribution >= 4 is 34.0 Å². The van der Waals surface area contributed by atoms with Crippen molar-refractivity contribution in [2.75, 3.05) is 43.6 Å². The zero-order valence-electron chi connectivity index (χ0n) is 16.6. The summed E-state index contributed by atoms with van der Waals surface area (Å²) < 4.78 is 2.06. The predicted molar refractivity (Wildman–Crippen MR) is 116 cm³/mol. The van der Waals surface area contributed by atoms with Gasteiger partial charge in [-0.1, -0.05) is 0 Å². The van der Waals surface area contributed by atoms with Gasteiger partial charge in [0.1, 0.15) is 0 Å². The summed E-state index contributed by atoms with van der Waals surface area (Å²) in [5, 5.41) is 0. The van der Waals surface area contributed by atoms with Gasteiger partial charge in [0.2, 0.25) is 5.82 Å². The summed E-state index contributed by atoms with van der Waals surface area (Å²) >= 11 is 0. The molecule has 1 aliphatic rings. The van der Waals surface area contributed by atoms with Gasteiger partial charge in [0, 0.05) is 50.5 Å². The first-order valence-electron chi connectivity index (χ1n) is 9.87. The molecule has 0 aliphatic carbocycles. The summed E-state index contributed by atoms with van der Waals surface area (Å²) in [6, 6.07) is 11.9. The highest BCUT2D eigenvalue weighted by Crippen LogP contribution is 2.26. The van der Waals surface area contributed by atoms with Crippen LogP contribution in [0.1, 0.15) is 10.6 Å². The van der Waals surface area contributed by atoms with Gasteiger partial charge in [-0.05, 0) is 43.4 Å². The molecule has 5 rings (SSSR count). The van der Waals surface area contributed by atoms with Crippen molar-refractivity contribution < 1.29 is 4.79 Å². The van der Waals surface area contributed by atoms with Gasteiger partial charge >= 0.3 is 5.91 Å². The van der Waals surface area contributed by atoms with Crippen molar-refractivity contribution in [2.24, 2.45) is 0 Å². The first-order valence-corrected chi connectivity index (χ1v) is 9.87. The molecule has 0 bridgehead atoms. The number of nitrogens with one attached hydrogen (secondary N) is 2. The second-order valence-electron chi connectivity index (χ2n) is 7.34. The van der Waals surface area contributed by atoms with E-state index in [0.29, 0.717) is 5.82 Å². The van der Waals surface area contributed by atoms with E-state index < -0.39 is 5.91 Å². The number of hydrogen-bond acceptors (Lipinski definition) is 7. The summed E-state index contributed by atoms with van der Waals surface area (Å²) in [7, 11) is 2.15. The van der Waals surface area contributed by atoms with Crippen molar-refractivity contribution in [1.29, 1.82) is 0 Å². The Balaban J connectivity index is 1.46. The number of anilines is 2. The smallest absolute Gasteiger partial charge is 0.307 e. The first-order chi connectivity index (χ1) is 14.7. The van der Waals surface area contributed by atoms with E-state index in [1.54, 1.807) is 6.07 Å². The topological polar surface area (TPSA) is 90.7 Å². The summed E-state index contributed by atoms with van der Waals surface area (Å²) in [6.45, 7) is 4.07. The fourth-order valence-corrected chi connectivity index (χ4v) is 3.71. The molecule has 1 fully saturated rings. The van der Waals surface area contributed by atoms with Crippen LogP contribution in [0.15, 0.2) is 55.0 Å². The Kier molecular flexibility index (Phi) is 4.64. The van der Waals surface area contributed by atoms with Crippen LogP contribution in [-0.2, 0) is 0 Å². The number of hydrogen-bond donors (Lipinski definition) is 2. The van der Waals surface area contributed by atoms with Crippen molar-refractivity contribution in [1.82, 2.24) is 29.7 Å². The number of rotatable bonds is 4. The number of aromatic nitrogens is 4. The molecule has 1 saturated heterocycles. The zero-order chi connectivity index (χ0) is 20.5. The van der Waals surface area contributed by atoms with Crippen LogP contribution in [0.5, 0.6) is 0 Å². The Hall–Kier alpha value is -3.72. The third-order valence-electron chi connectivity index (χ3n) is 5.37. The maximum Gasteiger partial charge on any atom is 0.307 e. The normalized spacial score (nSPS) is 14.9. The second-order valence-corrected chi connectivity index (χ2v) is 7.34. The zero-order valence-corrected chi connectivity index (χ0v) is 16.6. The van der Waals surface area contributed by atoms with Gasteiger partial charge in [-0.3, -0.25) is 15.6 Å². The summed E-state index contributed by atoms with van der Waals surface area (Å²) in [4.78, 5) is 29.7. The van der Waals surface area contributed by atoms with Crippen LogP contribution in [0.2, 0.25) is 0 Å². The molecule has 0 unspecified atom stereocenters. The highest BCUT2D eigenvalue weighted by molar-refractivity contribution is 5.92. The monoisotopic (exact) mass is 402 g/mol. The van der Waals surface area contributed by atoms with Crippen molar-refractivity contribution in [2.45, 2.75) is 0 Å². The molecule has 4 aromatic rings. The molecular weight excluding hydrogens is 380 g/mol. The number of benzene rings is 1. The van der Waals surface area contributed by atoms with E-state index in [1.807, 2.05) is 18.3 Å². The van der Waals surface area contributed by atoms with Crippen molar-refractivity contribution in [3.8, 4) is 0 Å².